The van der Waals surface area contributed by atoms with Crippen molar-refractivity contribution in [2.45, 2.75) is 13.3 Å². The van der Waals surface area contributed by atoms with Gasteiger partial charge in [0.2, 0.25) is 0 Å². The number of rotatable bonds is 7. The molecule has 4 N–H and O–H groups in total. The molecule has 144 valence electrons. The fourth-order valence-corrected chi connectivity index (χ4v) is 2.46. The molecule has 6 nitrogen and oxygen atoms in total. The zero-order valence-electron chi connectivity index (χ0n) is 15.1. The number of ether oxygens (including phenoxy) is 1. The monoisotopic (exact) mass is 390 g/mol. The highest BCUT2D eigenvalue weighted by Gasteiger charge is 2.14. The summed E-state index contributed by atoms with van der Waals surface area (Å²) < 4.78 is 5.63. The number of nitrogens with one attached hydrogen (secondary N) is 1. The van der Waals surface area contributed by atoms with Gasteiger partial charge < -0.3 is 25.7 Å². The van der Waals surface area contributed by atoms with Crippen molar-refractivity contribution >= 4 is 36.1 Å². The zero-order chi connectivity index (χ0) is 20.2. The van der Waals surface area contributed by atoms with Crippen LogP contribution in [0.3, 0.4) is 0 Å². The maximum atomic E-state index is 12.6. The highest BCUT2D eigenvalue weighted by molar-refractivity contribution is 6.31. The second kappa shape index (κ2) is 11.7. The van der Waals surface area contributed by atoms with E-state index in [1.165, 1.54) is 0 Å². The number of aliphatic hydroxyl groups excluding tert-OH is 1. The van der Waals surface area contributed by atoms with Gasteiger partial charge in [-0.2, -0.15) is 0 Å². The van der Waals surface area contributed by atoms with Crippen LogP contribution in [0, 0.1) is 6.92 Å². The summed E-state index contributed by atoms with van der Waals surface area (Å²) in [6.45, 7) is 4.84. The van der Waals surface area contributed by atoms with Gasteiger partial charge in [-0.15, -0.1) is 0 Å². The summed E-state index contributed by atoms with van der Waals surface area (Å²) in [4.78, 5) is 20.6. The molecule has 0 unspecified atom stereocenters. The molecule has 0 saturated carbocycles. The van der Waals surface area contributed by atoms with E-state index in [-0.39, 0.29) is 5.91 Å². The number of hydrogen-bond donors (Lipinski definition) is 3. The Bertz CT molecular complexity index is 794. The van der Waals surface area contributed by atoms with Crippen molar-refractivity contribution in [1.82, 2.24) is 0 Å². The van der Waals surface area contributed by atoms with Gasteiger partial charge in [0.25, 0.3) is 5.91 Å². The number of hydrogen-bond acceptors (Lipinski definition) is 5. The van der Waals surface area contributed by atoms with E-state index in [1.54, 1.807) is 30.3 Å². The minimum absolute atomic E-state index is 0.310. The molecule has 2 aromatic carbocycles. The van der Waals surface area contributed by atoms with Crippen molar-refractivity contribution in [3.63, 3.8) is 0 Å². The number of carbonyl (C=O) groups excluding carboxylic acids is 2. The fraction of sp³-hybridized carbons (Fsp3) is 0.200. The molecule has 0 aromatic heterocycles. The molecule has 2 rings (SSSR count). The molecule has 0 bridgehead atoms. The first-order chi connectivity index (χ1) is 13.0. The van der Waals surface area contributed by atoms with Crippen LogP contribution >= 0.6 is 11.6 Å². The third-order valence-electron chi connectivity index (χ3n) is 3.57. The van der Waals surface area contributed by atoms with Gasteiger partial charge in [-0.1, -0.05) is 17.7 Å². The van der Waals surface area contributed by atoms with Crippen LogP contribution in [0.5, 0.6) is 5.75 Å². The molecule has 0 fully saturated rings. The van der Waals surface area contributed by atoms with Gasteiger partial charge in [0.15, 0.2) is 0 Å². The van der Waals surface area contributed by atoms with E-state index in [0.717, 1.165) is 17.4 Å². The molecule has 0 aliphatic rings. The molecule has 0 atom stereocenters. The van der Waals surface area contributed by atoms with Crippen LogP contribution in [0.4, 0.5) is 5.69 Å². The first-order valence-corrected chi connectivity index (χ1v) is 8.57. The number of anilines is 1. The summed E-state index contributed by atoms with van der Waals surface area (Å²) in [5.74, 6) is 0.155. The number of amides is 1. The van der Waals surface area contributed by atoms with Gasteiger partial charge in [-0.3, -0.25) is 4.79 Å². The summed E-state index contributed by atoms with van der Waals surface area (Å²) in [7, 11) is 0. The van der Waals surface area contributed by atoms with Crippen molar-refractivity contribution in [2.75, 3.05) is 18.5 Å². The highest BCUT2D eigenvalue weighted by atomic mass is 35.5. The van der Waals surface area contributed by atoms with Gasteiger partial charge in [0.1, 0.15) is 12.5 Å². The Morgan fingerprint density at radius 1 is 1.30 bits per heavy atom. The van der Waals surface area contributed by atoms with Crippen molar-refractivity contribution in [2.24, 2.45) is 5.73 Å². The predicted molar refractivity (Wildman–Crippen MR) is 109 cm³/mol. The Kier molecular flexibility index (Phi) is 9.64. The lowest BCUT2D eigenvalue weighted by Gasteiger charge is -2.13. The lowest BCUT2D eigenvalue weighted by molar-refractivity contribution is -0.0980. The lowest BCUT2D eigenvalue weighted by atomic mass is 10.1. The Morgan fingerprint density at radius 2 is 2.04 bits per heavy atom. The molecule has 0 aliphatic carbocycles. The molecular formula is C20H23ClN2O4. The molecule has 27 heavy (non-hydrogen) atoms. The Labute approximate surface area is 163 Å². The number of nitrogens with two attached hydrogens (primary N) is 1. The van der Waals surface area contributed by atoms with Crippen LogP contribution < -0.4 is 15.8 Å². The molecule has 0 aliphatic heterocycles. The number of aryl methyl sites for hydroxylation is 1. The first kappa shape index (κ1) is 22.2. The molecule has 1 amide bonds. The van der Waals surface area contributed by atoms with Crippen molar-refractivity contribution in [3.05, 3.63) is 64.4 Å². The SMILES string of the molecule is C=O.Cc1cc(NC(=O)c2cc(Cl)ccc2OCCCN)ccc1/C=C\O. The minimum atomic E-state index is -0.310. The quantitative estimate of drug-likeness (QED) is 0.490. The van der Waals surface area contributed by atoms with Crippen molar-refractivity contribution in [3.8, 4) is 5.75 Å². The fourth-order valence-electron chi connectivity index (χ4n) is 2.29. The number of halogens is 1. The van der Waals surface area contributed by atoms with Crippen LogP contribution in [-0.4, -0.2) is 31.0 Å². The van der Waals surface area contributed by atoms with Crippen LogP contribution in [-0.2, 0) is 4.79 Å². The van der Waals surface area contributed by atoms with Gasteiger partial charge in [0, 0.05) is 10.7 Å². The van der Waals surface area contributed by atoms with Crippen molar-refractivity contribution in [1.29, 1.82) is 0 Å². The molecule has 0 saturated heterocycles. The summed E-state index contributed by atoms with van der Waals surface area (Å²) in [5.41, 5.74) is 8.26. The second-order valence-electron chi connectivity index (χ2n) is 5.47. The summed E-state index contributed by atoms with van der Waals surface area (Å²) in [6, 6.07) is 10.3. The van der Waals surface area contributed by atoms with Crippen LogP contribution in [0.25, 0.3) is 6.08 Å². The van der Waals surface area contributed by atoms with E-state index >= 15 is 0 Å². The van der Waals surface area contributed by atoms with Gasteiger partial charge in [-0.25, -0.2) is 0 Å². The van der Waals surface area contributed by atoms with Crippen LogP contribution in [0.15, 0.2) is 42.7 Å². The molecule has 0 heterocycles. The summed E-state index contributed by atoms with van der Waals surface area (Å²) in [6.07, 6.45) is 3.27. The Balaban J connectivity index is 0.00000176. The van der Waals surface area contributed by atoms with Gasteiger partial charge in [0.05, 0.1) is 18.4 Å². The van der Waals surface area contributed by atoms with E-state index in [1.807, 2.05) is 25.8 Å². The zero-order valence-corrected chi connectivity index (χ0v) is 15.8. The molecule has 2 aromatic rings. The largest absolute Gasteiger partial charge is 0.516 e. The maximum absolute atomic E-state index is 12.6. The Hall–Kier alpha value is -2.83. The summed E-state index contributed by atoms with van der Waals surface area (Å²) in [5, 5.41) is 12.2. The lowest BCUT2D eigenvalue weighted by Crippen LogP contribution is -2.15. The number of carbonyl (C=O) groups is 2. The summed E-state index contributed by atoms with van der Waals surface area (Å²) >= 11 is 6.02. The van der Waals surface area contributed by atoms with Crippen LogP contribution in [0.1, 0.15) is 27.9 Å². The average molecular weight is 391 g/mol. The smallest absolute Gasteiger partial charge is 0.259 e. The standard InChI is InChI=1S/C19H21ClN2O3.CH2O/c1-13-11-16(5-3-14(13)7-9-23)22-19(24)17-12-15(20)4-6-18(17)25-10-2-8-21;1-2/h3-7,9,11-12,23H,2,8,10,21H2,1H3,(H,22,24);1H2/b9-7-;. The third kappa shape index (κ3) is 6.77. The normalized spacial score (nSPS) is 10.2. The van der Waals surface area contributed by atoms with E-state index in [0.29, 0.717) is 41.6 Å². The van der Waals surface area contributed by atoms with E-state index in [2.05, 4.69) is 5.32 Å². The Morgan fingerprint density at radius 3 is 2.67 bits per heavy atom. The van der Waals surface area contributed by atoms with Crippen LogP contribution in [0.2, 0.25) is 5.02 Å². The van der Waals surface area contributed by atoms with Gasteiger partial charge in [-0.05, 0) is 67.4 Å². The molecule has 0 spiro atoms. The average Bonchev–Trinajstić information content (AvgIpc) is 2.67. The predicted octanol–water partition coefficient (Wildman–Crippen LogP) is 3.97. The molecule has 7 heteroatoms. The first-order valence-electron chi connectivity index (χ1n) is 8.19. The maximum Gasteiger partial charge on any atom is 0.259 e. The van der Waals surface area contributed by atoms with Gasteiger partial charge >= 0.3 is 0 Å². The highest BCUT2D eigenvalue weighted by Crippen LogP contribution is 2.25. The molecule has 0 radical (unpaired) electrons. The van der Waals surface area contributed by atoms with E-state index in [4.69, 9.17) is 32.0 Å². The topological polar surface area (TPSA) is 102 Å². The third-order valence-corrected chi connectivity index (χ3v) is 3.81. The minimum Gasteiger partial charge on any atom is -0.516 e. The number of benzene rings is 2. The molecular weight excluding hydrogens is 368 g/mol. The second-order valence-corrected chi connectivity index (χ2v) is 5.91. The van der Waals surface area contributed by atoms with E-state index in [9.17, 15) is 4.79 Å². The van der Waals surface area contributed by atoms with E-state index < -0.39 is 0 Å². The number of aliphatic hydroxyl groups is 1. The van der Waals surface area contributed by atoms with Crippen molar-refractivity contribution < 1.29 is 19.4 Å².